The van der Waals surface area contributed by atoms with Crippen LogP contribution in [0, 0.1) is 0 Å². The summed E-state index contributed by atoms with van der Waals surface area (Å²) in [6.45, 7) is 0.537. The van der Waals surface area contributed by atoms with Gasteiger partial charge in [0.15, 0.2) is 5.69 Å². The van der Waals surface area contributed by atoms with E-state index in [1.807, 2.05) is 34.9 Å². The molecule has 9 nitrogen and oxygen atoms in total. The van der Waals surface area contributed by atoms with Crippen molar-refractivity contribution in [3.05, 3.63) is 66.2 Å². The number of aromatic amines is 1. The second-order valence-corrected chi connectivity index (χ2v) is 6.62. The monoisotopic (exact) mass is 420 g/mol. The zero-order chi connectivity index (χ0) is 21.8. The predicted molar refractivity (Wildman–Crippen MR) is 112 cm³/mol. The van der Waals surface area contributed by atoms with Gasteiger partial charge in [0.1, 0.15) is 18.8 Å². The van der Waals surface area contributed by atoms with Gasteiger partial charge in [0.05, 0.1) is 30.3 Å². The number of fused-ring (bicyclic) bond motifs is 1. The molecule has 1 N–H and O–H groups in total. The lowest BCUT2D eigenvalue weighted by Crippen LogP contribution is -2.09. The summed E-state index contributed by atoms with van der Waals surface area (Å²) in [6.07, 6.45) is 3.19. The van der Waals surface area contributed by atoms with Gasteiger partial charge in [0, 0.05) is 24.6 Å². The minimum atomic E-state index is -0.504. The number of aromatic nitrogens is 4. The average Bonchev–Trinajstić information content (AvgIpc) is 3.46. The highest BCUT2D eigenvalue weighted by Gasteiger charge is 2.14. The summed E-state index contributed by atoms with van der Waals surface area (Å²) in [6, 6.07) is 12.9. The van der Waals surface area contributed by atoms with Gasteiger partial charge in [-0.1, -0.05) is 12.1 Å². The van der Waals surface area contributed by atoms with Crippen molar-refractivity contribution in [2.45, 2.75) is 0 Å². The van der Waals surface area contributed by atoms with E-state index in [0.717, 1.165) is 16.8 Å². The largest absolute Gasteiger partial charge is 0.464 e. The van der Waals surface area contributed by atoms with Crippen molar-refractivity contribution in [3.63, 3.8) is 0 Å². The summed E-state index contributed by atoms with van der Waals surface area (Å²) < 4.78 is 16.6. The van der Waals surface area contributed by atoms with Crippen molar-refractivity contribution in [1.82, 2.24) is 19.5 Å². The Kier molecular flexibility index (Phi) is 5.76. The third-order valence-corrected chi connectivity index (χ3v) is 4.67. The number of H-pyrrole nitrogens is 1. The molecule has 0 saturated carbocycles. The Bertz CT molecular complexity index is 1240. The van der Waals surface area contributed by atoms with Gasteiger partial charge < -0.3 is 19.2 Å². The number of esters is 2. The SMILES string of the molecule is COCCOC(=O)c1ccc2c(c1)ncn2-c1cccc(-c2nc(C(=O)OC)c[nH]2)c1. The van der Waals surface area contributed by atoms with Crippen LogP contribution in [0.5, 0.6) is 0 Å². The van der Waals surface area contributed by atoms with E-state index in [4.69, 9.17) is 14.2 Å². The lowest BCUT2D eigenvalue weighted by atomic mass is 10.1. The molecule has 0 aliphatic rings. The second-order valence-electron chi connectivity index (χ2n) is 6.62. The van der Waals surface area contributed by atoms with Gasteiger partial charge in [0.25, 0.3) is 0 Å². The fourth-order valence-electron chi connectivity index (χ4n) is 3.13. The third kappa shape index (κ3) is 4.17. The molecule has 4 rings (SSSR count). The number of carbonyl (C=O) groups excluding carboxylic acids is 2. The van der Waals surface area contributed by atoms with E-state index in [-0.39, 0.29) is 12.3 Å². The molecule has 2 aromatic carbocycles. The lowest BCUT2D eigenvalue weighted by Gasteiger charge is -2.07. The van der Waals surface area contributed by atoms with E-state index in [0.29, 0.717) is 23.5 Å². The Morgan fingerprint density at radius 1 is 1.06 bits per heavy atom. The van der Waals surface area contributed by atoms with Crippen LogP contribution >= 0.6 is 0 Å². The van der Waals surface area contributed by atoms with Crippen molar-refractivity contribution in [3.8, 4) is 17.1 Å². The molecule has 0 unspecified atom stereocenters. The molecular weight excluding hydrogens is 400 g/mol. The quantitative estimate of drug-likeness (QED) is 0.362. The summed E-state index contributed by atoms with van der Waals surface area (Å²) in [5.74, 6) is -0.377. The molecule has 0 aliphatic carbocycles. The molecule has 0 spiro atoms. The van der Waals surface area contributed by atoms with E-state index in [2.05, 4.69) is 15.0 Å². The Hall–Kier alpha value is -3.98. The van der Waals surface area contributed by atoms with Gasteiger partial charge in [-0.25, -0.2) is 19.6 Å². The van der Waals surface area contributed by atoms with Crippen LogP contribution in [-0.2, 0) is 14.2 Å². The highest BCUT2D eigenvalue weighted by atomic mass is 16.6. The Morgan fingerprint density at radius 2 is 1.94 bits per heavy atom. The topological polar surface area (TPSA) is 108 Å². The van der Waals surface area contributed by atoms with Crippen LogP contribution in [0.4, 0.5) is 0 Å². The van der Waals surface area contributed by atoms with E-state index >= 15 is 0 Å². The number of rotatable bonds is 7. The van der Waals surface area contributed by atoms with Gasteiger partial charge in [-0.3, -0.25) is 4.57 Å². The Labute approximate surface area is 177 Å². The van der Waals surface area contributed by atoms with Crippen molar-refractivity contribution < 1.29 is 23.8 Å². The van der Waals surface area contributed by atoms with Crippen LogP contribution in [-0.4, -0.2) is 58.9 Å². The minimum Gasteiger partial charge on any atom is -0.464 e. The molecule has 0 amide bonds. The van der Waals surface area contributed by atoms with Gasteiger partial charge in [0.2, 0.25) is 0 Å². The standard InChI is InChI=1S/C22H20N4O5/c1-29-8-9-31-21(27)15-6-7-19-17(11-15)24-13-26(19)16-5-3-4-14(10-16)20-23-12-18(25-20)22(28)30-2/h3-7,10-13H,8-9H2,1-2H3,(H,23,25). The third-order valence-electron chi connectivity index (χ3n) is 4.67. The summed E-state index contributed by atoms with van der Waals surface area (Å²) in [5, 5.41) is 0. The van der Waals surface area contributed by atoms with Crippen LogP contribution in [0.1, 0.15) is 20.8 Å². The fourth-order valence-corrected chi connectivity index (χ4v) is 3.13. The normalized spacial score (nSPS) is 10.9. The van der Waals surface area contributed by atoms with Gasteiger partial charge in [-0.2, -0.15) is 0 Å². The Balaban J connectivity index is 1.62. The second kappa shape index (κ2) is 8.80. The number of hydrogen-bond donors (Lipinski definition) is 1. The molecule has 0 radical (unpaired) electrons. The van der Waals surface area contributed by atoms with E-state index in [1.165, 1.54) is 13.3 Å². The molecular formula is C22H20N4O5. The van der Waals surface area contributed by atoms with E-state index in [1.54, 1.807) is 25.6 Å². The summed E-state index contributed by atoms with van der Waals surface area (Å²) in [5.41, 5.74) is 3.78. The molecule has 4 aromatic rings. The lowest BCUT2D eigenvalue weighted by molar-refractivity contribution is 0.0388. The first-order valence-electron chi connectivity index (χ1n) is 9.48. The molecule has 0 fully saturated rings. The van der Waals surface area contributed by atoms with Crippen LogP contribution in [0.25, 0.3) is 28.1 Å². The number of methoxy groups -OCH3 is 2. The molecule has 0 bridgehead atoms. The summed E-state index contributed by atoms with van der Waals surface area (Å²) >= 11 is 0. The zero-order valence-electron chi connectivity index (χ0n) is 17.0. The number of ether oxygens (including phenoxy) is 3. The van der Waals surface area contributed by atoms with E-state index in [9.17, 15) is 9.59 Å². The number of nitrogens with zero attached hydrogens (tertiary/aromatic N) is 3. The van der Waals surface area contributed by atoms with Crippen LogP contribution in [0.15, 0.2) is 55.0 Å². The number of carbonyl (C=O) groups is 2. The first-order valence-corrected chi connectivity index (χ1v) is 9.48. The first-order chi connectivity index (χ1) is 15.1. The first kappa shape index (κ1) is 20.3. The van der Waals surface area contributed by atoms with Crippen LogP contribution in [0.3, 0.4) is 0 Å². The molecule has 158 valence electrons. The molecule has 2 heterocycles. The highest BCUT2D eigenvalue weighted by Crippen LogP contribution is 2.24. The average molecular weight is 420 g/mol. The summed E-state index contributed by atoms with van der Waals surface area (Å²) in [4.78, 5) is 35.5. The maximum atomic E-state index is 12.2. The van der Waals surface area contributed by atoms with Crippen molar-refractivity contribution in [2.24, 2.45) is 0 Å². The van der Waals surface area contributed by atoms with Gasteiger partial charge >= 0.3 is 11.9 Å². The summed E-state index contributed by atoms with van der Waals surface area (Å²) in [7, 11) is 2.86. The minimum absolute atomic E-state index is 0.194. The van der Waals surface area contributed by atoms with Gasteiger partial charge in [-0.05, 0) is 30.3 Å². The van der Waals surface area contributed by atoms with Crippen molar-refractivity contribution >= 4 is 23.0 Å². The molecule has 2 aromatic heterocycles. The molecule has 9 heteroatoms. The molecule has 31 heavy (non-hydrogen) atoms. The van der Waals surface area contributed by atoms with Gasteiger partial charge in [-0.15, -0.1) is 0 Å². The van der Waals surface area contributed by atoms with E-state index < -0.39 is 11.9 Å². The van der Waals surface area contributed by atoms with Crippen LogP contribution < -0.4 is 0 Å². The zero-order valence-corrected chi connectivity index (χ0v) is 17.0. The van der Waals surface area contributed by atoms with Crippen molar-refractivity contribution in [1.29, 1.82) is 0 Å². The number of nitrogens with one attached hydrogen (secondary N) is 1. The maximum absolute atomic E-state index is 12.2. The fraction of sp³-hybridized carbons (Fsp3) is 0.182. The Morgan fingerprint density at radius 3 is 2.74 bits per heavy atom. The van der Waals surface area contributed by atoms with Crippen LogP contribution in [0.2, 0.25) is 0 Å². The predicted octanol–water partition coefficient (Wildman–Crippen LogP) is 3.01. The molecule has 0 aliphatic heterocycles. The smallest absolute Gasteiger partial charge is 0.358 e. The number of hydrogen-bond acceptors (Lipinski definition) is 7. The number of benzene rings is 2. The van der Waals surface area contributed by atoms with Crippen molar-refractivity contribution in [2.75, 3.05) is 27.4 Å². The number of imidazole rings is 2. The molecule has 0 atom stereocenters. The highest BCUT2D eigenvalue weighted by molar-refractivity contribution is 5.94. The molecule has 0 saturated heterocycles. The maximum Gasteiger partial charge on any atom is 0.358 e.